The van der Waals surface area contributed by atoms with Crippen LogP contribution in [-0.2, 0) is 18.4 Å². The molecule has 1 N–H and O–H groups in total. The number of aliphatic carboxylic acids is 1. The van der Waals surface area contributed by atoms with Gasteiger partial charge in [0, 0.05) is 38.3 Å². The summed E-state index contributed by atoms with van der Waals surface area (Å²) in [6.45, 7) is 4.09. The average molecular weight is 349 g/mol. The lowest BCUT2D eigenvalue weighted by atomic mass is 9.89. The summed E-state index contributed by atoms with van der Waals surface area (Å²) >= 11 is 0. The van der Waals surface area contributed by atoms with Gasteiger partial charge in [-0.25, -0.2) is 0 Å². The van der Waals surface area contributed by atoms with Crippen LogP contribution < -0.4 is 0 Å². The van der Waals surface area contributed by atoms with Crippen molar-refractivity contribution in [1.82, 2.24) is 14.7 Å². The van der Waals surface area contributed by atoms with Gasteiger partial charge in [0.25, 0.3) is 0 Å². The number of hydrogen-bond acceptors (Lipinski definition) is 3. The first-order chi connectivity index (χ1) is 12.5. The number of carboxylic acid groups (broad SMARTS) is 1. The number of likely N-dealkylation sites (tertiary alicyclic amines) is 1. The third-order valence-corrected chi connectivity index (χ3v) is 5.61. The van der Waals surface area contributed by atoms with E-state index >= 15 is 0 Å². The first-order valence-corrected chi connectivity index (χ1v) is 8.94. The fourth-order valence-corrected chi connectivity index (χ4v) is 4.05. The SMILES string of the molecule is Cc1c([C@H]2CN(Cc3ccc4ccccc4c3)C[C@@H]2C(=O)O)cnn1C. The summed E-state index contributed by atoms with van der Waals surface area (Å²) in [6, 6.07) is 14.8. The highest BCUT2D eigenvalue weighted by molar-refractivity contribution is 5.83. The van der Waals surface area contributed by atoms with E-state index in [0.29, 0.717) is 6.54 Å². The van der Waals surface area contributed by atoms with Crippen molar-refractivity contribution in [3.63, 3.8) is 0 Å². The van der Waals surface area contributed by atoms with Gasteiger partial charge in [-0.05, 0) is 34.9 Å². The van der Waals surface area contributed by atoms with Crippen LogP contribution in [0.4, 0.5) is 0 Å². The molecular weight excluding hydrogens is 326 g/mol. The molecule has 1 aliphatic rings. The Bertz CT molecular complexity index is 963. The van der Waals surface area contributed by atoms with Gasteiger partial charge in [0.15, 0.2) is 0 Å². The van der Waals surface area contributed by atoms with Crippen LogP contribution in [0.3, 0.4) is 0 Å². The van der Waals surface area contributed by atoms with Crippen LogP contribution in [0.15, 0.2) is 48.7 Å². The molecule has 0 spiro atoms. The number of fused-ring (bicyclic) bond motifs is 1. The van der Waals surface area contributed by atoms with Crippen molar-refractivity contribution in [2.45, 2.75) is 19.4 Å². The first-order valence-electron chi connectivity index (χ1n) is 8.94. The lowest BCUT2D eigenvalue weighted by Crippen LogP contribution is -2.23. The Kier molecular flexibility index (Phi) is 4.24. The topological polar surface area (TPSA) is 58.4 Å². The van der Waals surface area contributed by atoms with E-state index in [1.807, 2.05) is 37.0 Å². The number of benzene rings is 2. The molecule has 2 atom stereocenters. The molecule has 1 fully saturated rings. The molecule has 1 aliphatic heterocycles. The monoisotopic (exact) mass is 349 g/mol. The van der Waals surface area contributed by atoms with Crippen molar-refractivity contribution in [2.75, 3.05) is 13.1 Å². The van der Waals surface area contributed by atoms with Crippen molar-refractivity contribution in [3.05, 3.63) is 65.5 Å². The zero-order valence-corrected chi connectivity index (χ0v) is 15.1. The smallest absolute Gasteiger partial charge is 0.308 e. The van der Waals surface area contributed by atoms with Crippen molar-refractivity contribution in [2.24, 2.45) is 13.0 Å². The van der Waals surface area contributed by atoms with E-state index in [1.54, 1.807) is 0 Å². The summed E-state index contributed by atoms with van der Waals surface area (Å²) < 4.78 is 1.82. The molecule has 3 aromatic rings. The molecule has 26 heavy (non-hydrogen) atoms. The van der Waals surface area contributed by atoms with Gasteiger partial charge in [0.1, 0.15) is 0 Å². The maximum atomic E-state index is 11.8. The summed E-state index contributed by atoms with van der Waals surface area (Å²) in [7, 11) is 1.90. The summed E-state index contributed by atoms with van der Waals surface area (Å²) in [5.74, 6) is -1.13. The third kappa shape index (κ3) is 2.99. The molecule has 4 rings (SSSR count). The van der Waals surface area contributed by atoms with E-state index in [1.165, 1.54) is 16.3 Å². The molecule has 2 aromatic carbocycles. The molecule has 0 aliphatic carbocycles. The molecule has 5 heteroatoms. The second-order valence-corrected chi connectivity index (χ2v) is 7.24. The van der Waals surface area contributed by atoms with Crippen molar-refractivity contribution >= 4 is 16.7 Å². The highest BCUT2D eigenvalue weighted by Crippen LogP contribution is 2.35. The fraction of sp³-hybridized carbons (Fsp3) is 0.333. The van der Waals surface area contributed by atoms with Crippen LogP contribution in [-0.4, -0.2) is 38.8 Å². The number of nitrogens with zero attached hydrogens (tertiary/aromatic N) is 3. The molecular formula is C21H23N3O2. The zero-order valence-electron chi connectivity index (χ0n) is 15.1. The van der Waals surface area contributed by atoms with Crippen LogP contribution in [0.2, 0.25) is 0 Å². The summed E-state index contributed by atoms with van der Waals surface area (Å²) in [5.41, 5.74) is 3.33. The fourth-order valence-electron chi connectivity index (χ4n) is 4.05. The number of rotatable bonds is 4. The largest absolute Gasteiger partial charge is 0.481 e. The predicted molar refractivity (Wildman–Crippen MR) is 101 cm³/mol. The van der Waals surface area contributed by atoms with Gasteiger partial charge >= 0.3 is 5.97 Å². The summed E-state index contributed by atoms with van der Waals surface area (Å²) in [5, 5.41) is 16.5. The van der Waals surface area contributed by atoms with E-state index in [2.05, 4.69) is 40.3 Å². The zero-order chi connectivity index (χ0) is 18.3. The molecule has 5 nitrogen and oxygen atoms in total. The molecule has 1 saturated heterocycles. The maximum absolute atomic E-state index is 11.8. The minimum absolute atomic E-state index is 0.0124. The normalized spacial score (nSPS) is 20.7. The van der Waals surface area contributed by atoms with Gasteiger partial charge in [-0.1, -0.05) is 36.4 Å². The standard InChI is InChI=1S/C21H23N3O2/c1-14-18(10-22-23(14)2)19-12-24(13-20(19)21(25)26)11-15-7-8-16-5-3-4-6-17(16)9-15/h3-10,19-20H,11-13H2,1-2H3,(H,25,26)/t19-,20+/m1/s1. The molecule has 0 saturated carbocycles. The molecule has 0 unspecified atom stereocenters. The number of carbonyl (C=O) groups is 1. The van der Waals surface area contributed by atoms with Crippen LogP contribution in [0.1, 0.15) is 22.7 Å². The molecule has 0 radical (unpaired) electrons. The van der Waals surface area contributed by atoms with Gasteiger partial charge in [0.05, 0.1) is 12.1 Å². The Balaban J connectivity index is 1.57. The Morgan fingerprint density at radius 1 is 1.19 bits per heavy atom. The van der Waals surface area contributed by atoms with Crippen molar-refractivity contribution in [3.8, 4) is 0 Å². The number of carboxylic acids is 1. The predicted octanol–water partition coefficient (Wildman–Crippen LogP) is 3.18. The summed E-state index contributed by atoms with van der Waals surface area (Å²) in [4.78, 5) is 14.1. The van der Waals surface area contributed by atoms with Gasteiger partial charge in [-0.3, -0.25) is 14.4 Å². The molecule has 134 valence electrons. The number of hydrogen-bond donors (Lipinski definition) is 1. The first kappa shape index (κ1) is 16.8. The minimum atomic E-state index is -0.723. The Hall–Kier alpha value is -2.66. The lowest BCUT2D eigenvalue weighted by Gasteiger charge is -2.16. The Morgan fingerprint density at radius 3 is 2.65 bits per heavy atom. The Labute approximate surface area is 152 Å². The van der Waals surface area contributed by atoms with Crippen LogP contribution in [0, 0.1) is 12.8 Å². The maximum Gasteiger partial charge on any atom is 0.308 e. The van der Waals surface area contributed by atoms with E-state index in [0.717, 1.165) is 24.3 Å². The third-order valence-electron chi connectivity index (χ3n) is 5.61. The quantitative estimate of drug-likeness (QED) is 0.786. The highest BCUT2D eigenvalue weighted by atomic mass is 16.4. The Morgan fingerprint density at radius 2 is 1.96 bits per heavy atom. The van der Waals surface area contributed by atoms with Crippen LogP contribution in [0.25, 0.3) is 10.8 Å². The second kappa shape index (κ2) is 6.57. The second-order valence-electron chi connectivity index (χ2n) is 7.24. The average Bonchev–Trinajstić information content (AvgIpc) is 3.19. The minimum Gasteiger partial charge on any atom is -0.481 e. The van der Waals surface area contributed by atoms with Crippen LogP contribution >= 0.6 is 0 Å². The van der Waals surface area contributed by atoms with Gasteiger partial charge in [-0.15, -0.1) is 0 Å². The summed E-state index contributed by atoms with van der Waals surface area (Å²) in [6.07, 6.45) is 1.83. The van der Waals surface area contributed by atoms with Gasteiger partial charge in [-0.2, -0.15) is 5.10 Å². The molecule has 1 aromatic heterocycles. The number of aryl methyl sites for hydroxylation is 1. The molecule has 0 amide bonds. The highest BCUT2D eigenvalue weighted by Gasteiger charge is 2.39. The van der Waals surface area contributed by atoms with E-state index in [9.17, 15) is 9.90 Å². The molecule has 2 heterocycles. The van der Waals surface area contributed by atoms with Crippen LogP contribution in [0.5, 0.6) is 0 Å². The molecule has 0 bridgehead atoms. The lowest BCUT2D eigenvalue weighted by molar-refractivity contribution is -0.141. The van der Waals surface area contributed by atoms with Gasteiger partial charge < -0.3 is 5.11 Å². The van der Waals surface area contributed by atoms with E-state index < -0.39 is 11.9 Å². The number of aromatic nitrogens is 2. The van der Waals surface area contributed by atoms with Gasteiger partial charge in [0.2, 0.25) is 0 Å². The van der Waals surface area contributed by atoms with E-state index in [-0.39, 0.29) is 5.92 Å². The van der Waals surface area contributed by atoms with Crippen molar-refractivity contribution < 1.29 is 9.90 Å². The van der Waals surface area contributed by atoms with E-state index in [4.69, 9.17) is 0 Å². The van der Waals surface area contributed by atoms with Crippen molar-refractivity contribution in [1.29, 1.82) is 0 Å².